The van der Waals surface area contributed by atoms with Gasteiger partial charge in [-0.1, -0.05) is 46.5 Å². The first-order valence-corrected chi connectivity index (χ1v) is 7.53. The molecule has 16 heavy (non-hydrogen) atoms. The number of nitrogens with one attached hydrogen (secondary N) is 1. The van der Waals surface area contributed by atoms with E-state index in [2.05, 4.69) is 26.1 Å². The maximum Gasteiger partial charge on any atom is 0.00696 e. The molecule has 1 heteroatoms. The van der Waals surface area contributed by atoms with Gasteiger partial charge in [-0.3, -0.25) is 0 Å². The summed E-state index contributed by atoms with van der Waals surface area (Å²) in [4.78, 5) is 0. The summed E-state index contributed by atoms with van der Waals surface area (Å²) in [6.45, 7) is 8.05. The normalized spacial score (nSPS) is 27.2. The Kier molecular flexibility index (Phi) is 7.11. The third kappa shape index (κ3) is 4.86. The summed E-state index contributed by atoms with van der Waals surface area (Å²) in [6, 6.07) is 0.832. The van der Waals surface area contributed by atoms with Crippen LogP contribution in [-0.4, -0.2) is 12.6 Å². The van der Waals surface area contributed by atoms with Gasteiger partial charge in [0.2, 0.25) is 0 Å². The summed E-state index contributed by atoms with van der Waals surface area (Å²) in [5, 5.41) is 3.61. The Morgan fingerprint density at radius 2 is 2.00 bits per heavy atom. The highest BCUT2D eigenvalue weighted by atomic mass is 14.9. The van der Waals surface area contributed by atoms with Gasteiger partial charge < -0.3 is 5.32 Å². The molecule has 1 nitrogen and oxygen atoms in total. The van der Waals surface area contributed by atoms with Crippen molar-refractivity contribution in [2.24, 2.45) is 11.8 Å². The lowest BCUT2D eigenvalue weighted by atomic mass is 9.88. The quantitative estimate of drug-likeness (QED) is 0.647. The van der Waals surface area contributed by atoms with E-state index in [9.17, 15) is 0 Å². The molecule has 3 atom stereocenters. The van der Waals surface area contributed by atoms with Gasteiger partial charge in [0, 0.05) is 6.04 Å². The summed E-state index contributed by atoms with van der Waals surface area (Å²) in [5.41, 5.74) is 0. The smallest absolute Gasteiger partial charge is 0.00696 e. The molecule has 0 aliphatic heterocycles. The van der Waals surface area contributed by atoms with Gasteiger partial charge >= 0.3 is 0 Å². The summed E-state index contributed by atoms with van der Waals surface area (Å²) in [5.74, 6) is 2.02. The molecule has 0 heterocycles. The molecule has 0 radical (unpaired) electrons. The first-order chi connectivity index (χ1) is 7.80. The lowest BCUT2D eigenvalue weighted by Gasteiger charge is -2.19. The Balaban J connectivity index is 2.20. The largest absolute Gasteiger partial charge is 0.314 e. The Hall–Kier alpha value is -0.0400. The van der Waals surface area contributed by atoms with E-state index < -0.39 is 0 Å². The highest BCUT2D eigenvalue weighted by molar-refractivity contribution is 4.81. The van der Waals surface area contributed by atoms with Crippen molar-refractivity contribution in [2.75, 3.05) is 6.54 Å². The van der Waals surface area contributed by atoms with Gasteiger partial charge in [0.1, 0.15) is 0 Å². The number of hydrogen-bond acceptors (Lipinski definition) is 1. The van der Waals surface area contributed by atoms with E-state index in [1.165, 1.54) is 51.4 Å². The molecule has 1 rings (SSSR count). The van der Waals surface area contributed by atoms with E-state index in [0.29, 0.717) is 0 Å². The molecule has 0 spiro atoms. The van der Waals surface area contributed by atoms with Crippen molar-refractivity contribution in [3.63, 3.8) is 0 Å². The standard InChI is InChI=1S/C15H31N/c1-4-7-8-13(5-2)11-14-9-10-15(12-14)16-6-3/h13-16H,4-12H2,1-3H3. The second-order valence-electron chi connectivity index (χ2n) is 5.59. The van der Waals surface area contributed by atoms with Gasteiger partial charge in [0.15, 0.2) is 0 Å². The van der Waals surface area contributed by atoms with Crippen LogP contribution in [0.25, 0.3) is 0 Å². The van der Waals surface area contributed by atoms with E-state index in [1.54, 1.807) is 0 Å². The van der Waals surface area contributed by atoms with Crippen LogP contribution >= 0.6 is 0 Å². The molecule has 1 aliphatic rings. The zero-order valence-electron chi connectivity index (χ0n) is 11.6. The van der Waals surface area contributed by atoms with Crippen molar-refractivity contribution in [1.29, 1.82) is 0 Å². The van der Waals surface area contributed by atoms with Crippen molar-refractivity contribution in [3.05, 3.63) is 0 Å². The number of unbranched alkanes of at least 4 members (excludes halogenated alkanes) is 1. The molecule has 0 saturated heterocycles. The van der Waals surface area contributed by atoms with E-state index >= 15 is 0 Å². The minimum Gasteiger partial charge on any atom is -0.314 e. The number of rotatable bonds is 8. The second kappa shape index (κ2) is 8.11. The van der Waals surface area contributed by atoms with Crippen molar-refractivity contribution >= 4 is 0 Å². The molecular formula is C15H31N. The zero-order chi connectivity index (χ0) is 11.8. The molecule has 0 aromatic carbocycles. The Morgan fingerprint density at radius 3 is 2.62 bits per heavy atom. The molecule has 0 amide bonds. The van der Waals surface area contributed by atoms with E-state index in [-0.39, 0.29) is 0 Å². The zero-order valence-corrected chi connectivity index (χ0v) is 11.6. The van der Waals surface area contributed by atoms with Crippen molar-refractivity contribution < 1.29 is 0 Å². The fourth-order valence-electron chi connectivity index (χ4n) is 3.22. The molecule has 96 valence electrons. The van der Waals surface area contributed by atoms with Gasteiger partial charge in [-0.05, 0) is 44.1 Å². The van der Waals surface area contributed by atoms with Gasteiger partial charge in [-0.2, -0.15) is 0 Å². The first kappa shape index (κ1) is 14.0. The molecule has 1 aliphatic carbocycles. The molecule has 0 aromatic heterocycles. The maximum atomic E-state index is 3.61. The first-order valence-electron chi connectivity index (χ1n) is 7.53. The van der Waals surface area contributed by atoms with Crippen LogP contribution in [0.2, 0.25) is 0 Å². The van der Waals surface area contributed by atoms with E-state index in [4.69, 9.17) is 0 Å². The van der Waals surface area contributed by atoms with Gasteiger partial charge in [-0.25, -0.2) is 0 Å². The van der Waals surface area contributed by atoms with Gasteiger partial charge in [0.05, 0.1) is 0 Å². The summed E-state index contributed by atoms with van der Waals surface area (Å²) in [6.07, 6.45) is 11.5. The second-order valence-corrected chi connectivity index (χ2v) is 5.59. The van der Waals surface area contributed by atoms with Crippen LogP contribution in [-0.2, 0) is 0 Å². The third-order valence-corrected chi connectivity index (χ3v) is 4.24. The predicted molar refractivity (Wildman–Crippen MR) is 72.7 cm³/mol. The van der Waals surface area contributed by atoms with Crippen LogP contribution < -0.4 is 5.32 Å². The van der Waals surface area contributed by atoms with Crippen LogP contribution in [0.4, 0.5) is 0 Å². The Labute approximate surface area is 102 Å². The Morgan fingerprint density at radius 1 is 1.19 bits per heavy atom. The van der Waals surface area contributed by atoms with Crippen molar-refractivity contribution in [2.45, 2.75) is 78.2 Å². The van der Waals surface area contributed by atoms with Crippen molar-refractivity contribution in [1.82, 2.24) is 5.32 Å². The van der Waals surface area contributed by atoms with Crippen molar-refractivity contribution in [3.8, 4) is 0 Å². The molecule has 1 N–H and O–H groups in total. The van der Waals surface area contributed by atoms with Gasteiger partial charge in [0.25, 0.3) is 0 Å². The topological polar surface area (TPSA) is 12.0 Å². The average molecular weight is 225 g/mol. The van der Waals surface area contributed by atoms with E-state index in [0.717, 1.165) is 24.4 Å². The molecule has 3 unspecified atom stereocenters. The SMILES string of the molecule is CCCCC(CC)CC1CCC(NCC)C1. The molecule has 1 saturated carbocycles. The summed E-state index contributed by atoms with van der Waals surface area (Å²) >= 11 is 0. The van der Waals surface area contributed by atoms with E-state index in [1.807, 2.05) is 0 Å². The minimum atomic E-state index is 0.832. The highest BCUT2D eigenvalue weighted by Crippen LogP contribution is 2.33. The van der Waals surface area contributed by atoms with Crippen LogP contribution in [0.15, 0.2) is 0 Å². The molecule has 0 bridgehead atoms. The molecule has 0 aromatic rings. The van der Waals surface area contributed by atoms with Crippen LogP contribution in [0.1, 0.15) is 72.1 Å². The fourth-order valence-corrected chi connectivity index (χ4v) is 3.22. The highest BCUT2D eigenvalue weighted by Gasteiger charge is 2.25. The van der Waals surface area contributed by atoms with Gasteiger partial charge in [-0.15, -0.1) is 0 Å². The number of hydrogen-bond donors (Lipinski definition) is 1. The lowest BCUT2D eigenvalue weighted by molar-refractivity contribution is 0.335. The third-order valence-electron chi connectivity index (χ3n) is 4.24. The predicted octanol–water partition coefficient (Wildman–Crippen LogP) is 4.37. The fraction of sp³-hybridized carbons (Fsp3) is 1.00. The monoisotopic (exact) mass is 225 g/mol. The molecule has 1 fully saturated rings. The average Bonchev–Trinajstić information content (AvgIpc) is 2.72. The summed E-state index contributed by atoms with van der Waals surface area (Å²) in [7, 11) is 0. The minimum absolute atomic E-state index is 0.832. The summed E-state index contributed by atoms with van der Waals surface area (Å²) < 4.78 is 0. The van der Waals surface area contributed by atoms with Crippen LogP contribution in [0, 0.1) is 11.8 Å². The molecular weight excluding hydrogens is 194 g/mol. The van der Waals surface area contributed by atoms with Crippen LogP contribution in [0.3, 0.4) is 0 Å². The van der Waals surface area contributed by atoms with Crippen LogP contribution in [0.5, 0.6) is 0 Å². The Bertz CT molecular complexity index is 167. The maximum absolute atomic E-state index is 3.61. The lowest BCUT2D eigenvalue weighted by Crippen LogP contribution is -2.26.